The largest absolute Gasteiger partial charge is 0.493 e. The molecule has 0 spiro atoms. The molecule has 1 amide bonds. The molecule has 7 nitrogen and oxygen atoms in total. The van der Waals surface area contributed by atoms with Crippen LogP contribution in [0, 0.1) is 0 Å². The van der Waals surface area contributed by atoms with Gasteiger partial charge in [0.15, 0.2) is 11.5 Å². The van der Waals surface area contributed by atoms with Crippen LogP contribution in [0.3, 0.4) is 0 Å². The highest BCUT2D eigenvalue weighted by Gasteiger charge is 2.27. The number of carbonyl (C=O) groups excluding carboxylic acids is 1. The molecule has 0 unspecified atom stereocenters. The van der Waals surface area contributed by atoms with Crippen molar-refractivity contribution in [1.29, 1.82) is 0 Å². The van der Waals surface area contributed by atoms with Crippen molar-refractivity contribution in [2.75, 3.05) is 27.2 Å². The van der Waals surface area contributed by atoms with Crippen LogP contribution < -0.4 is 9.47 Å². The lowest BCUT2D eigenvalue weighted by Gasteiger charge is -2.26. The van der Waals surface area contributed by atoms with Crippen LogP contribution >= 0.6 is 0 Å². The Hall–Kier alpha value is -2.72. The van der Waals surface area contributed by atoms with E-state index < -0.39 is 16.6 Å². The molecule has 0 radical (unpaired) electrons. The van der Waals surface area contributed by atoms with E-state index in [1.807, 2.05) is 0 Å². The number of sulfonamides is 1. The van der Waals surface area contributed by atoms with E-state index in [0.29, 0.717) is 18.7 Å². The first kappa shape index (κ1) is 23.9. The van der Waals surface area contributed by atoms with Crippen LogP contribution in [0.15, 0.2) is 47.4 Å². The second kappa shape index (κ2) is 10.3. The fourth-order valence-electron chi connectivity index (χ4n) is 3.61. The van der Waals surface area contributed by atoms with E-state index in [-0.39, 0.29) is 34.4 Å². The fourth-order valence-corrected chi connectivity index (χ4v) is 5.18. The zero-order valence-corrected chi connectivity index (χ0v) is 18.8. The summed E-state index contributed by atoms with van der Waals surface area (Å²) in [5, 5.41) is 0. The average molecular weight is 469 g/mol. The van der Waals surface area contributed by atoms with Crippen LogP contribution in [0.4, 0.5) is 8.78 Å². The molecule has 0 saturated carbocycles. The van der Waals surface area contributed by atoms with Crippen molar-refractivity contribution >= 4 is 15.9 Å². The molecule has 174 valence electrons. The lowest BCUT2D eigenvalue weighted by atomic mass is 10.1. The smallest absolute Gasteiger partial charge is 0.387 e. The SMILES string of the molecule is COc1cc(CN(C)C(=O)c2cccc(S(=O)(=O)N3CCCCC3)c2)ccc1OC(F)F. The van der Waals surface area contributed by atoms with Crippen LogP contribution in [0.1, 0.15) is 35.2 Å². The number of nitrogens with zero attached hydrogens (tertiary/aromatic N) is 2. The first-order valence-corrected chi connectivity index (χ1v) is 11.6. The van der Waals surface area contributed by atoms with Crippen LogP contribution in [0.2, 0.25) is 0 Å². The number of alkyl halides is 2. The minimum Gasteiger partial charge on any atom is -0.493 e. The molecule has 0 atom stereocenters. The van der Waals surface area contributed by atoms with E-state index in [1.165, 1.54) is 40.6 Å². The Balaban J connectivity index is 1.76. The van der Waals surface area contributed by atoms with Gasteiger partial charge in [0.25, 0.3) is 5.91 Å². The number of ether oxygens (including phenoxy) is 2. The van der Waals surface area contributed by atoms with E-state index >= 15 is 0 Å². The first-order chi connectivity index (χ1) is 15.2. The number of hydrogen-bond acceptors (Lipinski definition) is 5. The number of methoxy groups -OCH3 is 1. The molecular weight excluding hydrogens is 442 g/mol. The molecule has 0 bridgehead atoms. The molecule has 0 aliphatic carbocycles. The predicted octanol–water partition coefficient (Wildman–Crippen LogP) is 3.74. The maximum atomic E-state index is 12.9. The van der Waals surface area contributed by atoms with Gasteiger partial charge in [0.05, 0.1) is 12.0 Å². The van der Waals surface area contributed by atoms with E-state index in [0.717, 1.165) is 19.3 Å². The summed E-state index contributed by atoms with van der Waals surface area (Å²) in [6.45, 7) is -1.86. The summed E-state index contributed by atoms with van der Waals surface area (Å²) in [4.78, 5) is 14.4. The predicted molar refractivity (Wildman–Crippen MR) is 114 cm³/mol. The van der Waals surface area contributed by atoms with Crippen LogP contribution in [-0.4, -0.2) is 57.4 Å². The lowest BCUT2D eigenvalue weighted by molar-refractivity contribution is -0.0512. The van der Waals surface area contributed by atoms with Crippen molar-refractivity contribution in [3.05, 3.63) is 53.6 Å². The third-order valence-corrected chi connectivity index (χ3v) is 7.14. The van der Waals surface area contributed by atoms with E-state index in [1.54, 1.807) is 25.2 Å². The van der Waals surface area contributed by atoms with Gasteiger partial charge in [-0.1, -0.05) is 18.6 Å². The summed E-state index contributed by atoms with van der Waals surface area (Å²) in [6, 6.07) is 10.4. The Labute approximate surface area is 186 Å². The molecule has 2 aromatic rings. The maximum absolute atomic E-state index is 12.9. The highest BCUT2D eigenvalue weighted by molar-refractivity contribution is 7.89. The third-order valence-electron chi connectivity index (χ3n) is 5.24. The Morgan fingerprint density at radius 1 is 1.09 bits per heavy atom. The maximum Gasteiger partial charge on any atom is 0.387 e. The Kier molecular flexibility index (Phi) is 7.68. The molecule has 10 heteroatoms. The topological polar surface area (TPSA) is 76.2 Å². The van der Waals surface area contributed by atoms with Crippen LogP contribution in [-0.2, 0) is 16.6 Å². The van der Waals surface area contributed by atoms with Crippen molar-refractivity contribution in [3.63, 3.8) is 0 Å². The number of amides is 1. The zero-order valence-electron chi connectivity index (χ0n) is 18.0. The molecule has 32 heavy (non-hydrogen) atoms. The third kappa shape index (κ3) is 5.55. The molecule has 0 N–H and O–H groups in total. The second-order valence-electron chi connectivity index (χ2n) is 7.52. The average Bonchev–Trinajstić information content (AvgIpc) is 2.79. The lowest BCUT2D eigenvalue weighted by Crippen LogP contribution is -2.35. The van der Waals surface area contributed by atoms with Crippen molar-refractivity contribution in [2.24, 2.45) is 0 Å². The van der Waals surface area contributed by atoms with E-state index in [9.17, 15) is 22.0 Å². The van der Waals surface area contributed by atoms with Gasteiger partial charge < -0.3 is 14.4 Å². The Morgan fingerprint density at radius 2 is 1.81 bits per heavy atom. The summed E-state index contributed by atoms with van der Waals surface area (Å²) in [6.07, 6.45) is 2.66. The highest BCUT2D eigenvalue weighted by atomic mass is 32.2. The zero-order chi connectivity index (χ0) is 23.3. The molecule has 1 heterocycles. The van der Waals surface area contributed by atoms with Crippen molar-refractivity contribution < 1.29 is 31.5 Å². The number of hydrogen-bond donors (Lipinski definition) is 0. The van der Waals surface area contributed by atoms with Crippen molar-refractivity contribution in [3.8, 4) is 11.5 Å². The summed E-state index contributed by atoms with van der Waals surface area (Å²) in [5.41, 5.74) is 0.881. The van der Waals surface area contributed by atoms with Gasteiger partial charge in [-0.25, -0.2) is 8.42 Å². The Bertz CT molecular complexity index is 1060. The number of rotatable bonds is 8. The molecule has 1 fully saturated rings. The molecule has 1 saturated heterocycles. The summed E-state index contributed by atoms with van der Waals surface area (Å²) in [5.74, 6) is -0.346. The fraction of sp³-hybridized carbons (Fsp3) is 0.409. The number of halogens is 2. The second-order valence-corrected chi connectivity index (χ2v) is 9.46. The van der Waals surface area contributed by atoms with Gasteiger partial charge in [0.1, 0.15) is 0 Å². The monoisotopic (exact) mass is 468 g/mol. The first-order valence-electron chi connectivity index (χ1n) is 10.2. The normalized spacial score (nSPS) is 14.9. The van der Waals surface area contributed by atoms with Crippen molar-refractivity contribution in [2.45, 2.75) is 37.3 Å². The van der Waals surface area contributed by atoms with Gasteiger partial charge in [0.2, 0.25) is 10.0 Å². The molecule has 1 aliphatic heterocycles. The van der Waals surface area contributed by atoms with Gasteiger partial charge >= 0.3 is 6.61 Å². The van der Waals surface area contributed by atoms with Gasteiger partial charge in [0, 0.05) is 32.2 Å². The summed E-state index contributed by atoms with van der Waals surface area (Å²) < 4.78 is 61.8. The molecule has 2 aromatic carbocycles. The quantitative estimate of drug-likeness (QED) is 0.590. The van der Waals surface area contributed by atoms with Gasteiger partial charge in [-0.3, -0.25) is 4.79 Å². The molecular formula is C22H26F2N2O5S. The molecule has 1 aliphatic rings. The summed E-state index contributed by atoms with van der Waals surface area (Å²) in [7, 11) is -0.748. The van der Waals surface area contributed by atoms with Crippen molar-refractivity contribution in [1.82, 2.24) is 9.21 Å². The van der Waals surface area contributed by atoms with Gasteiger partial charge in [-0.05, 0) is 48.7 Å². The number of benzene rings is 2. The minimum absolute atomic E-state index is 0.0915. The van der Waals surface area contributed by atoms with Gasteiger partial charge in [-0.15, -0.1) is 0 Å². The van der Waals surface area contributed by atoms with Crippen LogP contribution in [0.5, 0.6) is 11.5 Å². The minimum atomic E-state index is -3.66. The Morgan fingerprint density at radius 3 is 2.47 bits per heavy atom. The number of carbonyl (C=O) groups is 1. The standard InChI is InChI=1S/C22H26F2N2O5S/c1-25(15-16-9-10-19(31-22(23)24)20(13-16)30-2)21(27)17-7-6-8-18(14-17)32(28,29)26-11-4-3-5-12-26/h6-10,13-14,22H,3-5,11-12,15H2,1-2H3. The van der Waals surface area contributed by atoms with Gasteiger partial charge in [-0.2, -0.15) is 13.1 Å². The number of piperidine rings is 1. The molecule has 0 aromatic heterocycles. The highest BCUT2D eigenvalue weighted by Crippen LogP contribution is 2.30. The molecule has 3 rings (SSSR count). The van der Waals surface area contributed by atoms with E-state index in [4.69, 9.17) is 4.74 Å². The van der Waals surface area contributed by atoms with Crippen LogP contribution in [0.25, 0.3) is 0 Å². The summed E-state index contributed by atoms with van der Waals surface area (Å²) >= 11 is 0. The van der Waals surface area contributed by atoms with E-state index in [2.05, 4.69) is 4.74 Å².